The second kappa shape index (κ2) is 7.60. The molecule has 0 aliphatic heterocycles. The summed E-state index contributed by atoms with van der Waals surface area (Å²) < 4.78 is 1.82. The molecule has 0 aliphatic carbocycles. The van der Waals surface area contributed by atoms with Gasteiger partial charge in [0.15, 0.2) is 0 Å². The number of aromatic nitrogens is 2. The Morgan fingerprint density at radius 2 is 1.95 bits per heavy atom. The number of rotatable bonds is 3. The third kappa shape index (κ3) is 4.11. The van der Waals surface area contributed by atoms with Gasteiger partial charge in [0.2, 0.25) is 0 Å². The molecule has 0 saturated heterocycles. The molecule has 0 aliphatic rings. The molecule has 3 nitrogen and oxygen atoms in total. The van der Waals surface area contributed by atoms with Crippen LogP contribution in [0.1, 0.15) is 37.4 Å². The third-order valence-electron chi connectivity index (χ3n) is 2.59. The Kier molecular flexibility index (Phi) is 6.11. The number of aryl methyl sites for hydroxylation is 1. The molecular weight excluding hydrogens is 258 g/mol. The largest absolute Gasteiger partial charge is 0.264 e. The molecule has 0 saturated carbocycles. The number of hydrogen-bond acceptors (Lipinski definition) is 2. The molecule has 100 valence electrons. The first-order valence-corrected chi connectivity index (χ1v) is 6.71. The summed E-state index contributed by atoms with van der Waals surface area (Å²) in [6, 6.07) is 9.67. The molecule has 1 unspecified atom stereocenters. The maximum absolute atomic E-state index is 8.90. The maximum atomic E-state index is 8.90. The van der Waals surface area contributed by atoms with Crippen LogP contribution in [0.3, 0.4) is 0 Å². The third-order valence-corrected chi connectivity index (χ3v) is 2.84. The highest BCUT2D eigenvalue weighted by molar-refractivity contribution is 6.30. The molecular formula is C15H18ClN3. The van der Waals surface area contributed by atoms with Crippen molar-refractivity contribution in [3.63, 3.8) is 0 Å². The minimum atomic E-state index is -0.0500. The second-order valence-corrected chi connectivity index (χ2v) is 4.36. The second-order valence-electron chi connectivity index (χ2n) is 3.93. The van der Waals surface area contributed by atoms with Gasteiger partial charge < -0.3 is 0 Å². The normalized spacial score (nSPS) is 11.1. The van der Waals surface area contributed by atoms with Gasteiger partial charge in [0.25, 0.3) is 0 Å². The molecule has 0 N–H and O–H groups in total. The van der Waals surface area contributed by atoms with Crippen molar-refractivity contribution in [2.45, 2.75) is 33.2 Å². The standard InChI is InChI=1S/C13H12ClN3.C2H6/c1-10-8-16-17(9-10)13(6-7-15)11-2-4-12(14)5-3-11;1-2/h2-5,8-9,13H,6H2,1H3;1-2H3. The Morgan fingerprint density at radius 3 is 2.42 bits per heavy atom. The van der Waals surface area contributed by atoms with E-state index >= 15 is 0 Å². The Morgan fingerprint density at radius 1 is 1.32 bits per heavy atom. The van der Waals surface area contributed by atoms with Crippen molar-refractivity contribution in [2.75, 3.05) is 0 Å². The molecule has 2 rings (SSSR count). The fraction of sp³-hybridized carbons (Fsp3) is 0.333. The zero-order valence-electron chi connectivity index (χ0n) is 11.5. The quantitative estimate of drug-likeness (QED) is 0.834. The highest BCUT2D eigenvalue weighted by Crippen LogP contribution is 2.23. The van der Waals surface area contributed by atoms with E-state index in [1.165, 1.54) is 0 Å². The molecule has 1 aromatic carbocycles. The summed E-state index contributed by atoms with van der Waals surface area (Å²) in [5.41, 5.74) is 2.13. The molecule has 0 radical (unpaired) electrons. The van der Waals surface area contributed by atoms with Crippen LogP contribution in [0.4, 0.5) is 0 Å². The number of halogens is 1. The van der Waals surface area contributed by atoms with Crippen molar-refractivity contribution in [3.8, 4) is 6.07 Å². The van der Waals surface area contributed by atoms with E-state index in [0.29, 0.717) is 11.4 Å². The average Bonchev–Trinajstić information content (AvgIpc) is 2.86. The van der Waals surface area contributed by atoms with Gasteiger partial charge in [-0.15, -0.1) is 0 Å². The molecule has 19 heavy (non-hydrogen) atoms. The molecule has 1 aromatic heterocycles. The first-order valence-electron chi connectivity index (χ1n) is 6.34. The van der Waals surface area contributed by atoms with Gasteiger partial charge in [-0.1, -0.05) is 37.6 Å². The minimum absolute atomic E-state index is 0.0500. The Balaban J connectivity index is 0.000000861. The van der Waals surface area contributed by atoms with Gasteiger partial charge in [-0.25, -0.2) is 0 Å². The van der Waals surface area contributed by atoms with Crippen molar-refractivity contribution in [1.82, 2.24) is 9.78 Å². The summed E-state index contributed by atoms with van der Waals surface area (Å²) in [5, 5.41) is 13.9. The zero-order chi connectivity index (χ0) is 14.3. The van der Waals surface area contributed by atoms with Crippen LogP contribution in [0.25, 0.3) is 0 Å². The SMILES string of the molecule is CC.Cc1cnn(C(CC#N)c2ccc(Cl)cc2)c1. The predicted molar refractivity (Wildman–Crippen MR) is 78.1 cm³/mol. The van der Waals surface area contributed by atoms with Crippen LogP contribution in [-0.4, -0.2) is 9.78 Å². The van der Waals surface area contributed by atoms with Crippen molar-refractivity contribution in [1.29, 1.82) is 5.26 Å². The topological polar surface area (TPSA) is 41.6 Å². The molecule has 1 atom stereocenters. The van der Waals surface area contributed by atoms with Gasteiger partial charge in [-0.05, 0) is 30.2 Å². The van der Waals surface area contributed by atoms with Crippen LogP contribution >= 0.6 is 11.6 Å². The molecule has 0 bridgehead atoms. The molecule has 0 spiro atoms. The fourth-order valence-corrected chi connectivity index (χ4v) is 1.86. The molecule has 0 fully saturated rings. The number of nitrogens with zero attached hydrogens (tertiary/aromatic N) is 3. The smallest absolute Gasteiger partial charge is 0.0898 e. The van der Waals surface area contributed by atoms with Crippen LogP contribution in [0.5, 0.6) is 0 Å². The van der Waals surface area contributed by atoms with Crippen LogP contribution in [0.15, 0.2) is 36.7 Å². The highest BCUT2D eigenvalue weighted by atomic mass is 35.5. The van der Waals surface area contributed by atoms with E-state index in [-0.39, 0.29) is 6.04 Å². The molecule has 4 heteroatoms. The summed E-state index contributed by atoms with van der Waals surface area (Å²) in [6.07, 6.45) is 4.12. The lowest BCUT2D eigenvalue weighted by atomic mass is 10.0. The van der Waals surface area contributed by atoms with Crippen molar-refractivity contribution < 1.29 is 0 Å². The zero-order valence-corrected chi connectivity index (χ0v) is 12.2. The van der Waals surface area contributed by atoms with Crippen molar-refractivity contribution in [3.05, 3.63) is 52.8 Å². The Hall–Kier alpha value is -1.79. The predicted octanol–water partition coefficient (Wildman–Crippen LogP) is 4.37. The van der Waals surface area contributed by atoms with Crippen LogP contribution in [0.2, 0.25) is 5.02 Å². The lowest BCUT2D eigenvalue weighted by Crippen LogP contribution is -2.10. The van der Waals surface area contributed by atoms with Gasteiger partial charge in [0.05, 0.1) is 24.7 Å². The van der Waals surface area contributed by atoms with E-state index in [1.807, 2.05) is 55.9 Å². The van der Waals surface area contributed by atoms with Crippen LogP contribution in [0, 0.1) is 18.3 Å². The summed E-state index contributed by atoms with van der Waals surface area (Å²) in [5.74, 6) is 0. The van der Waals surface area contributed by atoms with E-state index < -0.39 is 0 Å². The van der Waals surface area contributed by atoms with Gasteiger partial charge in [-0.3, -0.25) is 4.68 Å². The van der Waals surface area contributed by atoms with Gasteiger partial charge >= 0.3 is 0 Å². The molecule has 2 aromatic rings. The van der Waals surface area contributed by atoms with E-state index in [2.05, 4.69) is 11.2 Å². The Bertz CT molecular complexity index is 537. The number of nitriles is 1. The summed E-state index contributed by atoms with van der Waals surface area (Å²) in [6.45, 7) is 5.98. The average molecular weight is 276 g/mol. The Labute approximate surface area is 119 Å². The van der Waals surface area contributed by atoms with Gasteiger partial charge in [0, 0.05) is 11.2 Å². The lowest BCUT2D eigenvalue weighted by molar-refractivity contribution is 0.532. The van der Waals surface area contributed by atoms with E-state index in [0.717, 1.165) is 11.1 Å². The molecule has 1 heterocycles. The van der Waals surface area contributed by atoms with E-state index in [4.69, 9.17) is 16.9 Å². The van der Waals surface area contributed by atoms with Gasteiger partial charge in [0.1, 0.15) is 0 Å². The summed E-state index contributed by atoms with van der Waals surface area (Å²) >= 11 is 5.86. The summed E-state index contributed by atoms with van der Waals surface area (Å²) in [4.78, 5) is 0. The van der Waals surface area contributed by atoms with E-state index in [1.54, 1.807) is 6.20 Å². The minimum Gasteiger partial charge on any atom is -0.264 e. The van der Waals surface area contributed by atoms with Crippen LogP contribution in [-0.2, 0) is 0 Å². The van der Waals surface area contributed by atoms with Crippen LogP contribution < -0.4 is 0 Å². The van der Waals surface area contributed by atoms with Crippen molar-refractivity contribution >= 4 is 11.6 Å². The first kappa shape index (κ1) is 15.3. The summed E-state index contributed by atoms with van der Waals surface area (Å²) in [7, 11) is 0. The molecule has 0 amide bonds. The van der Waals surface area contributed by atoms with Crippen molar-refractivity contribution in [2.24, 2.45) is 0 Å². The van der Waals surface area contributed by atoms with Gasteiger partial charge in [-0.2, -0.15) is 10.4 Å². The first-order chi connectivity index (χ1) is 9.20. The number of benzene rings is 1. The lowest BCUT2D eigenvalue weighted by Gasteiger charge is -2.14. The maximum Gasteiger partial charge on any atom is 0.0898 e. The number of hydrogen-bond donors (Lipinski definition) is 0. The fourth-order valence-electron chi connectivity index (χ4n) is 1.74. The highest BCUT2D eigenvalue weighted by Gasteiger charge is 2.14. The van der Waals surface area contributed by atoms with E-state index in [9.17, 15) is 0 Å². The monoisotopic (exact) mass is 275 g/mol.